The second-order valence-corrected chi connectivity index (χ2v) is 6.47. The quantitative estimate of drug-likeness (QED) is 0.900. The van der Waals surface area contributed by atoms with Crippen LogP contribution in [0.4, 0.5) is 0 Å². The number of benzene rings is 1. The van der Waals surface area contributed by atoms with Crippen molar-refractivity contribution in [2.45, 2.75) is 39.2 Å². The number of rotatable bonds is 2. The standard InChI is InChI=1S/C17H25NO2/c1-14-3-2-4-15(16(14)19)13-18-9-5-17(6-10-18)7-11-20-12-8-17/h2-4,19H,5-13H2,1H3. The van der Waals surface area contributed by atoms with Gasteiger partial charge >= 0.3 is 0 Å². The van der Waals surface area contributed by atoms with E-state index < -0.39 is 0 Å². The van der Waals surface area contributed by atoms with Crippen molar-refractivity contribution < 1.29 is 9.84 Å². The zero-order chi connectivity index (χ0) is 14.0. The third kappa shape index (κ3) is 2.84. The fourth-order valence-electron chi connectivity index (χ4n) is 3.58. The van der Waals surface area contributed by atoms with Gasteiger partial charge in [0, 0.05) is 25.3 Å². The molecule has 3 heteroatoms. The van der Waals surface area contributed by atoms with Crippen LogP contribution in [0.15, 0.2) is 18.2 Å². The number of likely N-dealkylation sites (tertiary alicyclic amines) is 1. The van der Waals surface area contributed by atoms with Gasteiger partial charge in [-0.25, -0.2) is 0 Å². The van der Waals surface area contributed by atoms with Crippen LogP contribution in [0.2, 0.25) is 0 Å². The molecule has 2 aliphatic heterocycles. The van der Waals surface area contributed by atoms with E-state index in [4.69, 9.17) is 4.74 Å². The van der Waals surface area contributed by atoms with Gasteiger partial charge in [-0.3, -0.25) is 4.90 Å². The molecule has 0 atom stereocenters. The zero-order valence-electron chi connectivity index (χ0n) is 12.4. The molecule has 20 heavy (non-hydrogen) atoms. The van der Waals surface area contributed by atoms with Crippen LogP contribution in [-0.2, 0) is 11.3 Å². The van der Waals surface area contributed by atoms with Crippen molar-refractivity contribution in [2.75, 3.05) is 26.3 Å². The number of para-hydroxylation sites is 1. The molecule has 3 rings (SSSR count). The second-order valence-electron chi connectivity index (χ2n) is 6.47. The number of piperidine rings is 1. The Kier molecular flexibility index (Phi) is 3.99. The first-order chi connectivity index (χ1) is 9.69. The third-order valence-corrected chi connectivity index (χ3v) is 5.19. The van der Waals surface area contributed by atoms with Crippen LogP contribution in [0.5, 0.6) is 5.75 Å². The smallest absolute Gasteiger partial charge is 0.122 e. The lowest BCUT2D eigenvalue weighted by Gasteiger charge is -2.44. The van der Waals surface area contributed by atoms with Gasteiger partial charge in [0.15, 0.2) is 0 Å². The summed E-state index contributed by atoms with van der Waals surface area (Å²) in [6.45, 7) is 7.02. The molecule has 2 saturated heterocycles. The molecule has 0 unspecified atom stereocenters. The van der Waals surface area contributed by atoms with Gasteiger partial charge in [-0.1, -0.05) is 18.2 Å². The maximum absolute atomic E-state index is 10.1. The van der Waals surface area contributed by atoms with E-state index in [1.165, 1.54) is 25.7 Å². The first-order valence-electron chi connectivity index (χ1n) is 7.76. The number of ether oxygens (including phenoxy) is 1. The normalized spacial score (nSPS) is 23.1. The summed E-state index contributed by atoms with van der Waals surface area (Å²) in [7, 11) is 0. The van der Waals surface area contributed by atoms with Gasteiger partial charge in [-0.2, -0.15) is 0 Å². The van der Waals surface area contributed by atoms with Crippen molar-refractivity contribution in [2.24, 2.45) is 5.41 Å². The maximum Gasteiger partial charge on any atom is 0.122 e. The van der Waals surface area contributed by atoms with Crippen molar-refractivity contribution in [1.29, 1.82) is 0 Å². The Hall–Kier alpha value is -1.06. The number of aryl methyl sites for hydroxylation is 1. The Balaban J connectivity index is 1.60. The summed E-state index contributed by atoms with van der Waals surface area (Å²) in [5.41, 5.74) is 2.58. The van der Waals surface area contributed by atoms with Crippen LogP contribution in [-0.4, -0.2) is 36.3 Å². The Bertz CT molecular complexity index is 456. The Morgan fingerprint density at radius 2 is 1.85 bits per heavy atom. The molecule has 0 saturated carbocycles. The Labute approximate surface area is 121 Å². The predicted octanol–water partition coefficient (Wildman–Crippen LogP) is 3.09. The minimum atomic E-state index is 0.471. The highest BCUT2D eigenvalue weighted by Gasteiger charge is 2.35. The average molecular weight is 275 g/mol. The summed E-state index contributed by atoms with van der Waals surface area (Å²) in [5, 5.41) is 10.1. The molecule has 0 aliphatic carbocycles. The lowest BCUT2D eigenvalue weighted by molar-refractivity contribution is -0.0218. The SMILES string of the molecule is Cc1cccc(CN2CCC3(CCOCC3)CC2)c1O. The molecular weight excluding hydrogens is 250 g/mol. The van der Waals surface area contributed by atoms with Gasteiger partial charge in [-0.15, -0.1) is 0 Å². The van der Waals surface area contributed by atoms with Gasteiger partial charge in [0.25, 0.3) is 0 Å². The molecule has 0 radical (unpaired) electrons. The van der Waals surface area contributed by atoms with E-state index in [1.54, 1.807) is 0 Å². The van der Waals surface area contributed by atoms with E-state index in [9.17, 15) is 5.11 Å². The molecule has 2 heterocycles. The van der Waals surface area contributed by atoms with Crippen molar-refractivity contribution in [3.05, 3.63) is 29.3 Å². The molecule has 110 valence electrons. The first kappa shape index (κ1) is 13.9. The fraction of sp³-hybridized carbons (Fsp3) is 0.647. The number of hydrogen-bond acceptors (Lipinski definition) is 3. The number of hydrogen-bond donors (Lipinski definition) is 1. The molecule has 2 aliphatic rings. The van der Waals surface area contributed by atoms with E-state index in [-0.39, 0.29) is 0 Å². The van der Waals surface area contributed by atoms with Gasteiger partial charge in [0.2, 0.25) is 0 Å². The van der Waals surface area contributed by atoms with Crippen LogP contribution in [0.3, 0.4) is 0 Å². The lowest BCUT2D eigenvalue weighted by Crippen LogP contribution is -2.42. The van der Waals surface area contributed by atoms with E-state index >= 15 is 0 Å². The average Bonchev–Trinajstić information content (AvgIpc) is 2.47. The topological polar surface area (TPSA) is 32.7 Å². The summed E-state index contributed by atoms with van der Waals surface area (Å²) in [4.78, 5) is 2.48. The molecule has 1 N–H and O–H groups in total. The summed E-state index contributed by atoms with van der Waals surface area (Å²) >= 11 is 0. The van der Waals surface area contributed by atoms with Crippen LogP contribution >= 0.6 is 0 Å². The monoisotopic (exact) mass is 275 g/mol. The summed E-state index contributed by atoms with van der Waals surface area (Å²) in [6.07, 6.45) is 5.03. The molecule has 1 aromatic rings. The van der Waals surface area contributed by atoms with Crippen LogP contribution in [0.1, 0.15) is 36.8 Å². The van der Waals surface area contributed by atoms with E-state index in [0.29, 0.717) is 11.2 Å². The number of phenolic OH excluding ortho intramolecular Hbond substituents is 1. The van der Waals surface area contributed by atoms with Gasteiger partial charge in [0.1, 0.15) is 5.75 Å². The first-order valence-corrected chi connectivity index (χ1v) is 7.76. The van der Waals surface area contributed by atoms with Crippen molar-refractivity contribution in [1.82, 2.24) is 4.90 Å². The third-order valence-electron chi connectivity index (χ3n) is 5.19. The minimum Gasteiger partial charge on any atom is -0.507 e. The van der Waals surface area contributed by atoms with Crippen LogP contribution < -0.4 is 0 Å². The second kappa shape index (κ2) is 5.74. The van der Waals surface area contributed by atoms with Crippen LogP contribution in [0, 0.1) is 12.3 Å². The highest BCUT2D eigenvalue weighted by atomic mass is 16.5. The summed E-state index contributed by atoms with van der Waals surface area (Å²) in [6, 6.07) is 6.04. The number of nitrogens with zero attached hydrogens (tertiary/aromatic N) is 1. The fourth-order valence-corrected chi connectivity index (χ4v) is 3.58. The van der Waals surface area contributed by atoms with Gasteiger partial charge < -0.3 is 9.84 Å². The molecule has 0 aromatic heterocycles. The van der Waals surface area contributed by atoms with Crippen LogP contribution in [0.25, 0.3) is 0 Å². The Morgan fingerprint density at radius 1 is 1.15 bits per heavy atom. The van der Waals surface area contributed by atoms with E-state index in [1.807, 2.05) is 25.1 Å². The molecule has 3 nitrogen and oxygen atoms in total. The molecule has 1 spiro atoms. The molecule has 0 bridgehead atoms. The minimum absolute atomic E-state index is 0.471. The molecule has 1 aromatic carbocycles. The van der Waals surface area contributed by atoms with E-state index in [2.05, 4.69) is 4.90 Å². The maximum atomic E-state index is 10.1. The molecular formula is C17H25NO2. The zero-order valence-corrected chi connectivity index (χ0v) is 12.4. The Morgan fingerprint density at radius 3 is 2.55 bits per heavy atom. The van der Waals surface area contributed by atoms with Crippen molar-refractivity contribution in [3.8, 4) is 5.75 Å². The predicted molar refractivity (Wildman–Crippen MR) is 79.8 cm³/mol. The summed E-state index contributed by atoms with van der Waals surface area (Å²) in [5.74, 6) is 0.471. The van der Waals surface area contributed by atoms with Gasteiger partial charge in [0.05, 0.1) is 0 Å². The van der Waals surface area contributed by atoms with Crippen molar-refractivity contribution >= 4 is 0 Å². The largest absolute Gasteiger partial charge is 0.507 e. The lowest BCUT2D eigenvalue weighted by atomic mass is 9.72. The number of phenols is 1. The molecule has 0 amide bonds. The van der Waals surface area contributed by atoms with Gasteiger partial charge in [-0.05, 0) is 56.7 Å². The highest BCUT2D eigenvalue weighted by Crippen LogP contribution is 2.41. The van der Waals surface area contributed by atoms with E-state index in [0.717, 1.165) is 44.0 Å². The van der Waals surface area contributed by atoms with Crippen molar-refractivity contribution in [3.63, 3.8) is 0 Å². The molecule has 2 fully saturated rings. The number of aromatic hydroxyl groups is 1. The highest BCUT2D eigenvalue weighted by molar-refractivity contribution is 5.39. The summed E-state index contributed by atoms with van der Waals surface area (Å²) < 4.78 is 5.50.